The summed E-state index contributed by atoms with van der Waals surface area (Å²) in [4.78, 5) is 15.1. The van der Waals surface area contributed by atoms with Crippen LogP contribution >= 0.6 is 15.9 Å². The molecule has 0 aliphatic carbocycles. The molecule has 0 aliphatic rings. The zero-order chi connectivity index (χ0) is 13.3. The quantitative estimate of drug-likeness (QED) is 0.939. The van der Waals surface area contributed by atoms with Crippen LogP contribution in [-0.2, 0) is 6.54 Å². The van der Waals surface area contributed by atoms with E-state index in [0.29, 0.717) is 11.1 Å². The number of rotatable bonds is 4. The number of hydrogen-bond donors (Lipinski definition) is 1. The Kier molecular flexibility index (Phi) is 3.51. The van der Waals surface area contributed by atoms with E-state index >= 15 is 0 Å². The van der Waals surface area contributed by atoms with Gasteiger partial charge in [-0.25, -0.2) is 14.5 Å². The Morgan fingerprint density at radius 3 is 2.83 bits per heavy atom. The topological polar surface area (TPSA) is 72.9 Å². The van der Waals surface area contributed by atoms with Gasteiger partial charge in [0.1, 0.15) is 12.2 Å². The van der Waals surface area contributed by atoms with Crippen molar-refractivity contribution in [2.24, 2.45) is 0 Å². The van der Waals surface area contributed by atoms with E-state index in [0.717, 1.165) is 5.82 Å². The summed E-state index contributed by atoms with van der Waals surface area (Å²) in [6, 6.07) is 1.79. The summed E-state index contributed by atoms with van der Waals surface area (Å²) in [5, 5.41) is 13.1. The average Bonchev–Trinajstić information content (AvgIpc) is 2.87. The predicted octanol–water partition coefficient (Wildman–Crippen LogP) is 2.17. The number of carboxylic acids is 1. The fourth-order valence-corrected chi connectivity index (χ4v) is 2.16. The molecule has 18 heavy (non-hydrogen) atoms. The fraction of sp³-hybridized carbons (Fsp3) is 0.364. The number of carbonyl (C=O) groups is 1. The lowest BCUT2D eigenvalue weighted by molar-refractivity contribution is 0.0697. The van der Waals surface area contributed by atoms with Crippen molar-refractivity contribution in [1.29, 1.82) is 0 Å². The second-order valence-corrected chi connectivity index (χ2v) is 5.01. The normalized spacial score (nSPS) is 11.1. The fourth-order valence-electron chi connectivity index (χ4n) is 1.69. The van der Waals surface area contributed by atoms with Gasteiger partial charge < -0.3 is 9.67 Å². The van der Waals surface area contributed by atoms with E-state index in [1.165, 1.54) is 6.33 Å². The minimum absolute atomic E-state index is 0.218. The first-order valence-corrected chi connectivity index (χ1v) is 6.25. The van der Waals surface area contributed by atoms with Gasteiger partial charge in [-0.2, -0.15) is 5.10 Å². The molecule has 0 saturated carbocycles. The molecule has 0 saturated heterocycles. The van der Waals surface area contributed by atoms with Gasteiger partial charge in [0.25, 0.3) is 0 Å². The van der Waals surface area contributed by atoms with Crippen LogP contribution in [-0.4, -0.2) is 30.4 Å². The average molecular weight is 313 g/mol. The van der Waals surface area contributed by atoms with Crippen LogP contribution in [0, 0.1) is 0 Å². The van der Waals surface area contributed by atoms with Crippen molar-refractivity contribution in [3.8, 4) is 0 Å². The monoisotopic (exact) mass is 312 g/mol. The molecule has 2 aromatic heterocycles. The molecule has 0 aliphatic heterocycles. The van der Waals surface area contributed by atoms with Gasteiger partial charge in [-0.3, -0.25) is 0 Å². The van der Waals surface area contributed by atoms with Gasteiger partial charge in [-0.15, -0.1) is 0 Å². The second kappa shape index (κ2) is 4.93. The van der Waals surface area contributed by atoms with Crippen molar-refractivity contribution in [2.75, 3.05) is 0 Å². The molecule has 0 unspecified atom stereocenters. The number of aromatic carboxylic acids is 1. The number of halogens is 1. The van der Waals surface area contributed by atoms with E-state index in [9.17, 15) is 4.79 Å². The van der Waals surface area contributed by atoms with Crippen LogP contribution < -0.4 is 0 Å². The van der Waals surface area contributed by atoms with E-state index in [2.05, 4.69) is 26.0 Å². The highest BCUT2D eigenvalue weighted by atomic mass is 79.9. The third-order valence-electron chi connectivity index (χ3n) is 2.54. The second-order valence-electron chi connectivity index (χ2n) is 4.20. The van der Waals surface area contributed by atoms with Gasteiger partial charge in [0.15, 0.2) is 0 Å². The Balaban J connectivity index is 2.28. The maximum atomic E-state index is 10.9. The van der Waals surface area contributed by atoms with Gasteiger partial charge in [-0.05, 0) is 35.8 Å². The summed E-state index contributed by atoms with van der Waals surface area (Å²) in [5.74, 6) is -0.155. The van der Waals surface area contributed by atoms with Crippen molar-refractivity contribution in [3.05, 3.63) is 34.6 Å². The first-order valence-electron chi connectivity index (χ1n) is 5.46. The van der Waals surface area contributed by atoms with Crippen LogP contribution in [0.2, 0.25) is 0 Å². The van der Waals surface area contributed by atoms with Crippen molar-refractivity contribution >= 4 is 21.9 Å². The summed E-state index contributed by atoms with van der Waals surface area (Å²) >= 11 is 3.33. The summed E-state index contributed by atoms with van der Waals surface area (Å²) in [7, 11) is 0. The molecule has 6 nitrogen and oxygen atoms in total. The molecule has 0 radical (unpaired) electrons. The lowest BCUT2D eigenvalue weighted by atomic mass is 10.3. The van der Waals surface area contributed by atoms with Crippen LogP contribution in [0.4, 0.5) is 0 Å². The lowest BCUT2D eigenvalue weighted by Crippen LogP contribution is -2.11. The zero-order valence-corrected chi connectivity index (χ0v) is 11.6. The highest BCUT2D eigenvalue weighted by Gasteiger charge is 2.13. The first kappa shape index (κ1) is 12.8. The molecule has 1 N–H and O–H groups in total. The Hall–Kier alpha value is -1.63. The summed E-state index contributed by atoms with van der Waals surface area (Å²) in [6.45, 7) is 4.52. The number of hydrogen-bond acceptors (Lipinski definition) is 3. The standard InChI is InChI=1S/C11H13BrN4O2/c1-7(2)16-10(13-6-14-16)5-15-4-8(11(17)18)3-9(15)12/h3-4,6-7H,5H2,1-2H3,(H,17,18). The van der Waals surface area contributed by atoms with E-state index in [-0.39, 0.29) is 11.6 Å². The maximum Gasteiger partial charge on any atom is 0.337 e. The molecule has 0 amide bonds. The highest BCUT2D eigenvalue weighted by Crippen LogP contribution is 2.17. The van der Waals surface area contributed by atoms with Crippen LogP contribution in [0.15, 0.2) is 23.2 Å². The van der Waals surface area contributed by atoms with E-state index in [1.807, 2.05) is 18.5 Å². The molecule has 7 heteroatoms. The van der Waals surface area contributed by atoms with Crippen LogP contribution in [0.1, 0.15) is 36.1 Å². The van der Waals surface area contributed by atoms with Crippen LogP contribution in [0.3, 0.4) is 0 Å². The van der Waals surface area contributed by atoms with E-state index in [1.54, 1.807) is 16.8 Å². The summed E-state index contributed by atoms with van der Waals surface area (Å²) < 4.78 is 4.30. The van der Waals surface area contributed by atoms with Gasteiger partial charge in [0.05, 0.1) is 16.7 Å². The number of aromatic nitrogens is 4. The van der Waals surface area contributed by atoms with Gasteiger partial charge in [-0.1, -0.05) is 0 Å². The zero-order valence-electron chi connectivity index (χ0n) is 10.0. The number of nitrogens with zero attached hydrogens (tertiary/aromatic N) is 4. The SMILES string of the molecule is CC(C)n1ncnc1Cn1cc(C(=O)O)cc1Br. The Morgan fingerprint density at radius 1 is 1.56 bits per heavy atom. The molecule has 2 rings (SSSR count). The largest absolute Gasteiger partial charge is 0.478 e. The predicted molar refractivity (Wildman–Crippen MR) is 68.6 cm³/mol. The van der Waals surface area contributed by atoms with Crippen molar-refractivity contribution in [1.82, 2.24) is 19.3 Å². The third kappa shape index (κ3) is 2.45. The molecule has 2 aromatic rings. The molecule has 0 atom stereocenters. The van der Waals surface area contributed by atoms with E-state index in [4.69, 9.17) is 5.11 Å². The Bertz CT molecular complexity index is 573. The molecule has 0 bridgehead atoms. The molecule has 0 spiro atoms. The highest BCUT2D eigenvalue weighted by molar-refractivity contribution is 9.10. The minimum Gasteiger partial charge on any atom is -0.478 e. The molecule has 96 valence electrons. The molecule has 0 aromatic carbocycles. The maximum absolute atomic E-state index is 10.9. The van der Waals surface area contributed by atoms with Gasteiger partial charge >= 0.3 is 5.97 Å². The van der Waals surface area contributed by atoms with Gasteiger partial charge in [0, 0.05) is 12.2 Å². The molecule has 0 fully saturated rings. The number of carboxylic acid groups (broad SMARTS) is 1. The minimum atomic E-state index is -0.945. The van der Waals surface area contributed by atoms with Gasteiger partial charge in [0.2, 0.25) is 0 Å². The van der Waals surface area contributed by atoms with E-state index < -0.39 is 5.97 Å². The lowest BCUT2D eigenvalue weighted by Gasteiger charge is -2.10. The smallest absolute Gasteiger partial charge is 0.337 e. The van der Waals surface area contributed by atoms with Crippen molar-refractivity contribution < 1.29 is 9.90 Å². The first-order chi connectivity index (χ1) is 8.49. The van der Waals surface area contributed by atoms with Crippen LogP contribution in [0.5, 0.6) is 0 Å². The summed E-state index contributed by atoms with van der Waals surface area (Å²) in [5.41, 5.74) is 0.248. The Labute approximate surface area is 112 Å². The van der Waals surface area contributed by atoms with Crippen molar-refractivity contribution in [3.63, 3.8) is 0 Å². The van der Waals surface area contributed by atoms with Crippen molar-refractivity contribution in [2.45, 2.75) is 26.4 Å². The molecular weight excluding hydrogens is 300 g/mol. The molecule has 2 heterocycles. The molecular formula is C11H13BrN4O2. The Morgan fingerprint density at radius 2 is 2.28 bits per heavy atom. The van der Waals surface area contributed by atoms with Crippen LogP contribution in [0.25, 0.3) is 0 Å². The summed E-state index contributed by atoms with van der Waals surface area (Å²) in [6.07, 6.45) is 3.08. The third-order valence-corrected chi connectivity index (χ3v) is 3.22.